The molecule has 2 aliphatic rings. The molecule has 0 aromatic heterocycles. The van der Waals surface area contributed by atoms with Crippen molar-refractivity contribution in [2.75, 3.05) is 24.7 Å². The minimum atomic E-state index is -4.76. The van der Waals surface area contributed by atoms with Crippen molar-refractivity contribution in [1.29, 1.82) is 0 Å². The Labute approximate surface area is 285 Å². The van der Waals surface area contributed by atoms with Crippen molar-refractivity contribution >= 4 is 21.3 Å². The van der Waals surface area contributed by atoms with Crippen molar-refractivity contribution in [1.82, 2.24) is 0 Å². The van der Waals surface area contributed by atoms with Crippen LogP contribution in [-0.4, -0.2) is 67.4 Å². The molecule has 0 aliphatic carbocycles. The first kappa shape index (κ1) is 34.8. The van der Waals surface area contributed by atoms with Crippen LogP contribution in [-0.2, 0) is 69.0 Å². The molecule has 254 valence electrons. The van der Waals surface area contributed by atoms with Gasteiger partial charge in [0.25, 0.3) is 0 Å². The molecular weight excluding hydrogens is 653 g/mol. The summed E-state index contributed by atoms with van der Waals surface area (Å²) in [6.45, 7) is 1.59. The SMILES string of the molecule is O=S(=O)(O)O[C@@H]1COC(c2ccccc2)O[C@H]1C[S+]1C[C@H](OCc2ccccc2)[C@@H](OCc2ccccc2)[C@@H]1COCc1ccccc1. The molecular formula is C37H41O9S2+. The quantitative estimate of drug-likeness (QED) is 0.124. The highest BCUT2D eigenvalue weighted by Crippen LogP contribution is 2.35. The third-order valence-corrected chi connectivity index (χ3v) is 11.6. The summed E-state index contributed by atoms with van der Waals surface area (Å²) in [5, 5.41) is -0.0915. The van der Waals surface area contributed by atoms with E-state index in [2.05, 4.69) is 0 Å². The van der Waals surface area contributed by atoms with Gasteiger partial charge in [0.2, 0.25) is 0 Å². The number of benzene rings is 4. The van der Waals surface area contributed by atoms with Gasteiger partial charge in [-0.15, -0.1) is 0 Å². The van der Waals surface area contributed by atoms with Gasteiger partial charge in [0.05, 0.1) is 33.0 Å². The molecule has 1 N–H and O–H groups in total. The Hall–Kier alpha value is -3.10. The number of rotatable bonds is 15. The molecule has 2 saturated heterocycles. The zero-order chi connectivity index (χ0) is 33.2. The molecule has 0 spiro atoms. The highest BCUT2D eigenvalue weighted by atomic mass is 32.3. The van der Waals surface area contributed by atoms with Crippen LogP contribution in [0.1, 0.15) is 28.5 Å². The van der Waals surface area contributed by atoms with Gasteiger partial charge in [-0.05, 0) is 16.7 Å². The van der Waals surface area contributed by atoms with Crippen LogP contribution in [0.5, 0.6) is 0 Å². The highest BCUT2D eigenvalue weighted by molar-refractivity contribution is 7.97. The van der Waals surface area contributed by atoms with E-state index in [9.17, 15) is 13.0 Å². The largest absolute Gasteiger partial charge is 0.397 e. The van der Waals surface area contributed by atoms with Crippen molar-refractivity contribution in [3.63, 3.8) is 0 Å². The molecule has 2 aliphatic heterocycles. The van der Waals surface area contributed by atoms with Gasteiger partial charge in [0.1, 0.15) is 35.9 Å². The Morgan fingerprint density at radius 2 is 1.25 bits per heavy atom. The van der Waals surface area contributed by atoms with Crippen molar-refractivity contribution in [2.45, 2.75) is 55.8 Å². The van der Waals surface area contributed by atoms with Crippen molar-refractivity contribution < 1.29 is 40.8 Å². The molecule has 48 heavy (non-hydrogen) atoms. The van der Waals surface area contributed by atoms with Gasteiger partial charge < -0.3 is 23.7 Å². The van der Waals surface area contributed by atoms with Crippen molar-refractivity contribution in [3.05, 3.63) is 144 Å². The molecule has 0 bridgehead atoms. The minimum Gasteiger partial charge on any atom is -0.371 e. The van der Waals surface area contributed by atoms with Gasteiger partial charge >= 0.3 is 10.4 Å². The van der Waals surface area contributed by atoms with Crippen LogP contribution in [0.4, 0.5) is 0 Å². The summed E-state index contributed by atoms with van der Waals surface area (Å²) in [5.41, 5.74) is 3.98. The first-order valence-electron chi connectivity index (χ1n) is 16.0. The van der Waals surface area contributed by atoms with Gasteiger partial charge in [0.15, 0.2) is 11.5 Å². The summed E-state index contributed by atoms with van der Waals surface area (Å²) < 4.78 is 70.4. The number of ether oxygens (including phenoxy) is 5. The van der Waals surface area contributed by atoms with E-state index in [1.54, 1.807) is 0 Å². The van der Waals surface area contributed by atoms with Crippen LogP contribution in [0.3, 0.4) is 0 Å². The lowest BCUT2D eigenvalue weighted by Crippen LogP contribution is -2.48. The summed E-state index contributed by atoms with van der Waals surface area (Å²) in [6, 6.07) is 39.5. The Morgan fingerprint density at radius 1 is 0.708 bits per heavy atom. The van der Waals surface area contributed by atoms with Crippen LogP contribution < -0.4 is 0 Å². The Balaban J connectivity index is 1.26. The molecule has 7 atom stereocenters. The van der Waals surface area contributed by atoms with E-state index in [1.807, 2.05) is 121 Å². The smallest absolute Gasteiger partial charge is 0.371 e. The van der Waals surface area contributed by atoms with Gasteiger partial charge in [-0.3, -0.25) is 4.55 Å². The summed E-state index contributed by atoms with van der Waals surface area (Å²) in [7, 11) is -5.19. The van der Waals surface area contributed by atoms with Crippen LogP contribution in [0.15, 0.2) is 121 Å². The van der Waals surface area contributed by atoms with Crippen LogP contribution >= 0.6 is 0 Å². The van der Waals surface area contributed by atoms with Crippen molar-refractivity contribution in [2.24, 2.45) is 0 Å². The fraction of sp³-hybridized carbons (Fsp3) is 0.351. The Kier molecular flexibility index (Phi) is 12.3. The van der Waals surface area contributed by atoms with E-state index in [0.717, 1.165) is 22.3 Å². The van der Waals surface area contributed by atoms with Gasteiger partial charge in [-0.1, -0.05) is 121 Å². The predicted octanol–water partition coefficient (Wildman–Crippen LogP) is 5.68. The van der Waals surface area contributed by atoms with E-state index < -0.39 is 39.8 Å². The first-order chi connectivity index (χ1) is 23.4. The third kappa shape index (κ3) is 9.97. The van der Waals surface area contributed by atoms with E-state index in [1.165, 1.54) is 0 Å². The fourth-order valence-electron chi connectivity index (χ4n) is 5.97. The first-order valence-corrected chi connectivity index (χ1v) is 19.0. The maximum atomic E-state index is 11.9. The fourth-order valence-corrected chi connectivity index (χ4v) is 9.44. The van der Waals surface area contributed by atoms with Gasteiger partial charge in [-0.25, -0.2) is 4.18 Å². The average molecular weight is 694 g/mol. The third-order valence-electron chi connectivity index (χ3n) is 8.35. The normalized spacial score (nSPS) is 26.0. The second kappa shape index (κ2) is 17.0. The second-order valence-corrected chi connectivity index (χ2v) is 15.2. The number of hydrogen-bond donors (Lipinski definition) is 1. The van der Waals surface area contributed by atoms with Crippen LogP contribution in [0.25, 0.3) is 0 Å². The summed E-state index contributed by atoms with van der Waals surface area (Å²) in [5.74, 6) is 1.09. The Morgan fingerprint density at radius 3 is 1.83 bits per heavy atom. The summed E-state index contributed by atoms with van der Waals surface area (Å²) >= 11 is 0. The zero-order valence-electron chi connectivity index (χ0n) is 26.5. The lowest BCUT2D eigenvalue weighted by molar-refractivity contribution is -0.245. The van der Waals surface area contributed by atoms with E-state index in [-0.39, 0.29) is 24.1 Å². The van der Waals surface area contributed by atoms with Crippen LogP contribution in [0.2, 0.25) is 0 Å². The standard InChI is InChI=1S/C37H40O9S2/c38-48(39,40)46-32-24-44-37(31-19-11-4-12-20-31)45-33(32)26-47-27-34(42-22-29-15-7-2-8-16-29)36(43-23-30-17-9-3-10-18-30)35(47)25-41-21-28-13-5-1-6-14-28/h1-20,32-37H,21-27H2/p+1/t32-,33+,34+,35+,36-,37?,47?/m1/s1. The molecule has 11 heteroatoms. The van der Waals surface area contributed by atoms with Crippen molar-refractivity contribution in [3.8, 4) is 0 Å². The Bertz CT molecular complexity index is 1630. The lowest BCUT2D eigenvalue weighted by Gasteiger charge is -2.35. The lowest BCUT2D eigenvalue weighted by atomic mass is 10.1. The predicted molar refractivity (Wildman–Crippen MR) is 183 cm³/mol. The minimum absolute atomic E-state index is 0.0712. The van der Waals surface area contributed by atoms with Gasteiger partial charge in [0, 0.05) is 16.5 Å². The molecule has 6 rings (SSSR count). The zero-order valence-corrected chi connectivity index (χ0v) is 28.1. The molecule has 2 heterocycles. The molecule has 0 amide bonds. The van der Waals surface area contributed by atoms with E-state index in [4.69, 9.17) is 27.9 Å². The summed E-state index contributed by atoms with van der Waals surface area (Å²) in [4.78, 5) is 0. The second-order valence-electron chi connectivity index (χ2n) is 11.8. The molecule has 0 radical (unpaired) electrons. The molecule has 2 fully saturated rings. The number of hydrogen-bond acceptors (Lipinski definition) is 8. The maximum Gasteiger partial charge on any atom is 0.397 e. The molecule has 0 saturated carbocycles. The van der Waals surface area contributed by atoms with E-state index >= 15 is 0 Å². The molecule has 4 aromatic carbocycles. The monoisotopic (exact) mass is 693 g/mol. The molecule has 4 aromatic rings. The van der Waals surface area contributed by atoms with Crippen LogP contribution in [0, 0.1) is 0 Å². The van der Waals surface area contributed by atoms with E-state index in [0.29, 0.717) is 37.9 Å². The highest BCUT2D eigenvalue weighted by Gasteiger charge is 2.55. The molecule has 9 nitrogen and oxygen atoms in total. The molecule has 2 unspecified atom stereocenters. The maximum absolute atomic E-state index is 11.9. The topological polar surface area (TPSA) is 110 Å². The summed E-state index contributed by atoms with van der Waals surface area (Å²) in [6.07, 6.45) is -3.02. The average Bonchev–Trinajstić information content (AvgIpc) is 3.43. The van der Waals surface area contributed by atoms with Gasteiger partial charge in [-0.2, -0.15) is 8.42 Å².